The lowest BCUT2D eigenvalue weighted by Gasteiger charge is -2.05. The highest BCUT2D eigenvalue weighted by atomic mass is 79.9. The third-order valence-corrected chi connectivity index (χ3v) is 3.67. The van der Waals surface area contributed by atoms with Crippen LogP contribution in [0.4, 0.5) is 13.2 Å². The van der Waals surface area contributed by atoms with E-state index in [1.165, 1.54) is 12.1 Å². The van der Waals surface area contributed by atoms with E-state index in [9.17, 15) is 18.3 Å². The van der Waals surface area contributed by atoms with Gasteiger partial charge in [-0.1, -0.05) is 0 Å². The number of alkyl halides is 3. The van der Waals surface area contributed by atoms with Crippen molar-refractivity contribution in [3.63, 3.8) is 0 Å². The minimum Gasteiger partial charge on any atom is -0.507 e. The second-order valence-electron chi connectivity index (χ2n) is 4.48. The lowest BCUT2D eigenvalue weighted by atomic mass is 10.2. The van der Waals surface area contributed by atoms with E-state index < -0.39 is 11.7 Å². The van der Waals surface area contributed by atoms with Gasteiger partial charge in [-0.15, -0.1) is 0 Å². The van der Waals surface area contributed by atoms with Gasteiger partial charge < -0.3 is 10.1 Å². The average Bonchev–Trinajstić information content (AvgIpc) is 2.83. The minimum atomic E-state index is -4.39. The lowest BCUT2D eigenvalue weighted by Crippen LogP contribution is -2.04. The highest BCUT2D eigenvalue weighted by molar-refractivity contribution is 9.10. The molecule has 0 fully saturated rings. The molecule has 0 radical (unpaired) electrons. The molecule has 0 amide bonds. The number of aromatic hydroxyl groups is 1. The largest absolute Gasteiger partial charge is 0.507 e. The molecule has 1 heterocycles. The van der Waals surface area contributed by atoms with Gasteiger partial charge in [-0.2, -0.15) is 13.2 Å². The van der Waals surface area contributed by atoms with Gasteiger partial charge in [-0.25, -0.2) is 4.98 Å². The molecule has 0 aliphatic heterocycles. The van der Waals surface area contributed by atoms with Crippen molar-refractivity contribution in [1.82, 2.24) is 9.97 Å². The molecule has 3 nitrogen and oxygen atoms in total. The summed E-state index contributed by atoms with van der Waals surface area (Å²) in [5.74, 6) is 0.513. The third kappa shape index (κ3) is 2.61. The minimum absolute atomic E-state index is 0.0780. The highest BCUT2D eigenvalue weighted by Gasteiger charge is 2.30. The van der Waals surface area contributed by atoms with Crippen LogP contribution in [0.1, 0.15) is 5.56 Å². The number of benzene rings is 2. The second-order valence-corrected chi connectivity index (χ2v) is 5.34. The molecule has 3 rings (SSSR count). The van der Waals surface area contributed by atoms with Crippen LogP contribution in [0.3, 0.4) is 0 Å². The third-order valence-electron chi connectivity index (χ3n) is 3.03. The number of H-pyrrole nitrogens is 1. The summed E-state index contributed by atoms with van der Waals surface area (Å²) in [5.41, 5.74) is 0.688. The van der Waals surface area contributed by atoms with Crippen LogP contribution in [0, 0.1) is 0 Å². The molecule has 2 aromatic carbocycles. The van der Waals surface area contributed by atoms with Crippen LogP contribution in [-0.4, -0.2) is 15.1 Å². The number of fused-ring (bicyclic) bond motifs is 1. The molecule has 21 heavy (non-hydrogen) atoms. The number of hydrogen-bond acceptors (Lipinski definition) is 2. The zero-order chi connectivity index (χ0) is 15.2. The monoisotopic (exact) mass is 356 g/mol. The number of rotatable bonds is 1. The number of halogens is 4. The maximum Gasteiger partial charge on any atom is 0.416 e. The SMILES string of the molecule is Oc1ccc(-c2nc3ccc(C(F)(F)F)cc3[nH]2)cc1Br. The average molecular weight is 357 g/mol. The first kappa shape index (κ1) is 13.9. The molecule has 0 aliphatic carbocycles. The van der Waals surface area contributed by atoms with Gasteiger partial charge in [-0.3, -0.25) is 0 Å². The molecule has 0 spiro atoms. The Kier molecular flexibility index (Phi) is 3.16. The summed E-state index contributed by atoms with van der Waals surface area (Å²) in [6.07, 6.45) is -4.39. The van der Waals surface area contributed by atoms with Crippen LogP contribution in [0.5, 0.6) is 5.75 Å². The number of phenols is 1. The summed E-state index contributed by atoms with van der Waals surface area (Å²) < 4.78 is 38.5. The van der Waals surface area contributed by atoms with E-state index in [1.54, 1.807) is 12.1 Å². The van der Waals surface area contributed by atoms with Crippen LogP contribution in [-0.2, 0) is 6.18 Å². The molecule has 0 saturated carbocycles. The predicted molar refractivity (Wildman–Crippen MR) is 75.9 cm³/mol. The molecule has 0 atom stereocenters. The van der Waals surface area contributed by atoms with Crippen LogP contribution in [0.15, 0.2) is 40.9 Å². The maximum absolute atomic E-state index is 12.7. The van der Waals surface area contributed by atoms with Gasteiger partial charge in [0.05, 0.1) is 21.1 Å². The Morgan fingerprint density at radius 3 is 2.52 bits per heavy atom. The van der Waals surface area contributed by atoms with Gasteiger partial charge in [-0.05, 0) is 52.3 Å². The molecule has 108 valence electrons. The van der Waals surface area contributed by atoms with Gasteiger partial charge in [0.2, 0.25) is 0 Å². The molecule has 7 heteroatoms. The number of phenolic OH excluding ortho intramolecular Hbond substituents is 1. The van der Waals surface area contributed by atoms with E-state index in [0.717, 1.165) is 12.1 Å². The Morgan fingerprint density at radius 1 is 1.10 bits per heavy atom. The van der Waals surface area contributed by atoms with Crippen LogP contribution in [0.25, 0.3) is 22.4 Å². The zero-order valence-electron chi connectivity index (χ0n) is 10.4. The van der Waals surface area contributed by atoms with Gasteiger partial charge in [0.25, 0.3) is 0 Å². The van der Waals surface area contributed by atoms with Crippen molar-refractivity contribution in [2.75, 3.05) is 0 Å². The van der Waals surface area contributed by atoms with Gasteiger partial charge in [0.15, 0.2) is 0 Å². The van der Waals surface area contributed by atoms with E-state index in [4.69, 9.17) is 0 Å². The number of hydrogen-bond donors (Lipinski definition) is 2. The topological polar surface area (TPSA) is 48.9 Å². The van der Waals surface area contributed by atoms with Crippen LogP contribution < -0.4 is 0 Å². The van der Waals surface area contributed by atoms with Crippen molar-refractivity contribution >= 4 is 27.0 Å². The summed E-state index contributed by atoms with van der Waals surface area (Å²) in [6.45, 7) is 0. The Labute approximate surface area is 125 Å². The highest BCUT2D eigenvalue weighted by Crippen LogP contribution is 2.33. The number of imidazole rings is 1. The van der Waals surface area contributed by atoms with Gasteiger partial charge in [0.1, 0.15) is 11.6 Å². The molecule has 0 aliphatic rings. The van der Waals surface area contributed by atoms with Gasteiger partial charge >= 0.3 is 6.18 Å². The quantitative estimate of drug-likeness (QED) is 0.662. The Hall–Kier alpha value is -2.02. The summed E-state index contributed by atoms with van der Waals surface area (Å²) in [6, 6.07) is 8.10. The van der Waals surface area contributed by atoms with Crippen molar-refractivity contribution in [2.45, 2.75) is 6.18 Å². The first-order chi connectivity index (χ1) is 9.84. The Morgan fingerprint density at radius 2 is 1.86 bits per heavy atom. The van der Waals surface area contributed by atoms with Crippen molar-refractivity contribution < 1.29 is 18.3 Å². The molecule has 2 N–H and O–H groups in total. The van der Waals surface area contributed by atoms with Crippen molar-refractivity contribution in [2.24, 2.45) is 0 Å². The fraction of sp³-hybridized carbons (Fsp3) is 0.0714. The zero-order valence-corrected chi connectivity index (χ0v) is 12.0. The number of aromatic nitrogens is 2. The molecular weight excluding hydrogens is 349 g/mol. The van der Waals surface area contributed by atoms with E-state index in [2.05, 4.69) is 25.9 Å². The standard InChI is InChI=1S/C14H8BrF3N2O/c15-9-5-7(1-4-12(9)21)13-19-10-3-2-8(14(16,17)18)6-11(10)20-13/h1-6,21H,(H,19,20). The fourth-order valence-electron chi connectivity index (χ4n) is 1.98. The predicted octanol–water partition coefficient (Wildman–Crippen LogP) is 4.72. The molecule has 3 aromatic rings. The fourth-order valence-corrected chi connectivity index (χ4v) is 2.36. The molecular formula is C14H8BrF3N2O. The van der Waals surface area contributed by atoms with E-state index in [-0.39, 0.29) is 5.75 Å². The molecule has 0 bridgehead atoms. The van der Waals surface area contributed by atoms with E-state index in [0.29, 0.717) is 26.9 Å². The van der Waals surface area contributed by atoms with Gasteiger partial charge in [0, 0.05) is 5.56 Å². The summed E-state index contributed by atoms with van der Waals surface area (Å²) in [7, 11) is 0. The summed E-state index contributed by atoms with van der Waals surface area (Å²) in [4.78, 5) is 7.11. The van der Waals surface area contributed by atoms with E-state index in [1.807, 2.05) is 0 Å². The molecule has 0 saturated heterocycles. The normalized spacial score (nSPS) is 12.0. The second kappa shape index (κ2) is 4.77. The number of aromatic amines is 1. The lowest BCUT2D eigenvalue weighted by molar-refractivity contribution is -0.137. The van der Waals surface area contributed by atoms with Crippen molar-refractivity contribution in [1.29, 1.82) is 0 Å². The maximum atomic E-state index is 12.7. The Balaban J connectivity index is 2.10. The van der Waals surface area contributed by atoms with Crippen LogP contribution in [0.2, 0.25) is 0 Å². The summed E-state index contributed by atoms with van der Waals surface area (Å²) >= 11 is 3.18. The van der Waals surface area contributed by atoms with Crippen molar-refractivity contribution in [3.8, 4) is 17.1 Å². The number of nitrogens with zero attached hydrogens (tertiary/aromatic N) is 1. The molecule has 1 aromatic heterocycles. The summed E-state index contributed by atoms with van der Waals surface area (Å²) in [5, 5.41) is 9.45. The Bertz CT molecular complexity index is 827. The van der Waals surface area contributed by atoms with E-state index >= 15 is 0 Å². The number of nitrogens with one attached hydrogen (secondary N) is 1. The smallest absolute Gasteiger partial charge is 0.416 e. The van der Waals surface area contributed by atoms with Crippen molar-refractivity contribution in [3.05, 3.63) is 46.4 Å². The first-order valence-corrected chi connectivity index (χ1v) is 6.70. The van der Waals surface area contributed by atoms with Crippen LogP contribution >= 0.6 is 15.9 Å². The first-order valence-electron chi connectivity index (χ1n) is 5.90. The molecule has 0 unspecified atom stereocenters.